The molecule has 0 saturated heterocycles. The van der Waals surface area contributed by atoms with Crippen LogP contribution in [0, 0.1) is 13.8 Å². The van der Waals surface area contributed by atoms with Crippen molar-refractivity contribution in [2.24, 2.45) is 0 Å². The summed E-state index contributed by atoms with van der Waals surface area (Å²) >= 11 is 0. The lowest BCUT2D eigenvalue weighted by molar-refractivity contribution is 0.480. The molecule has 1 aromatic rings. The second-order valence-corrected chi connectivity index (χ2v) is 8.76. The predicted octanol–water partition coefficient (Wildman–Crippen LogP) is 1.67. The third-order valence-electron chi connectivity index (χ3n) is 3.23. The van der Waals surface area contributed by atoms with Gasteiger partial charge in [-0.2, -0.15) is 16.8 Å². The van der Waals surface area contributed by atoms with Gasteiger partial charge in [-0.3, -0.25) is 9.11 Å². The van der Waals surface area contributed by atoms with Crippen LogP contribution < -0.4 is 4.90 Å². The fourth-order valence-electron chi connectivity index (χ4n) is 2.38. The van der Waals surface area contributed by atoms with Crippen molar-refractivity contribution in [3.05, 3.63) is 29.3 Å². The SMILES string of the molecule is Cc1cc(C)cc(N(CCCS(=O)(=O)O)CCCS(=O)(=O)O)c1. The minimum Gasteiger partial charge on any atom is -0.371 e. The quantitative estimate of drug-likeness (QED) is 0.640. The van der Waals surface area contributed by atoms with Gasteiger partial charge >= 0.3 is 0 Å². The van der Waals surface area contributed by atoms with E-state index in [1.165, 1.54) is 0 Å². The summed E-state index contributed by atoms with van der Waals surface area (Å²) in [6, 6.07) is 5.85. The van der Waals surface area contributed by atoms with E-state index < -0.39 is 20.2 Å². The Morgan fingerprint density at radius 2 is 1.22 bits per heavy atom. The Hall–Kier alpha value is -1.16. The zero-order valence-electron chi connectivity index (χ0n) is 13.3. The van der Waals surface area contributed by atoms with Crippen molar-refractivity contribution in [3.63, 3.8) is 0 Å². The molecule has 0 bridgehead atoms. The highest BCUT2D eigenvalue weighted by atomic mass is 32.2. The van der Waals surface area contributed by atoms with Gasteiger partial charge in [0, 0.05) is 18.8 Å². The predicted molar refractivity (Wildman–Crippen MR) is 90.2 cm³/mol. The first-order valence-corrected chi connectivity index (χ1v) is 10.4. The van der Waals surface area contributed by atoms with Crippen LogP contribution in [0.1, 0.15) is 24.0 Å². The maximum Gasteiger partial charge on any atom is 0.264 e. The van der Waals surface area contributed by atoms with Crippen LogP contribution in [0.5, 0.6) is 0 Å². The fourth-order valence-corrected chi connectivity index (χ4v) is 3.37. The number of hydrogen-bond donors (Lipinski definition) is 2. The largest absolute Gasteiger partial charge is 0.371 e. The summed E-state index contributed by atoms with van der Waals surface area (Å²) in [6.07, 6.45) is 0.440. The second kappa shape index (κ2) is 8.09. The molecule has 0 aromatic heterocycles. The van der Waals surface area contributed by atoms with E-state index in [4.69, 9.17) is 9.11 Å². The molecule has 7 nitrogen and oxygen atoms in total. The Morgan fingerprint density at radius 3 is 1.57 bits per heavy atom. The summed E-state index contributed by atoms with van der Waals surface area (Å²) < 4.78 is 60.9. The molecule has 0 amide bonds. The van der Waals surface area contributed by atoms with Crippen LogP contribution >= 0.6 is 0 Å². The van der Waals surface area contributed by atoms with Crippen LogP contribution in [0.4, 0.5) is 5.69 Å². The van der Waals surface area contributed by atoms with Crippen LogP contribution in [-0.2, 0) is 20.2 Å². The molecule has 23 heavy (non-hydrogen) atoms. The summed E-state index contributed by atoms with van der Waals surface area (Å²) in [5.74, 6) is -0.709. The van der Waals surface area contributed by atoms with Gasteiger partial charge in [-0.15, -0.1) is 0 Å². The Kier molecular flexibility index (Phi) is 7.00. The number of nitrogens with zero attached hydrogens (tertiary/aromatic N) is 1. The molecule has 1 rings (SSSR count). The average Bonchev–Trinajstić information content (AvgIpc) is 2.32. The summed E-state index contributed by atoms with van der Waals surface area (Å²) in [7, 11) is -8.05. The highest BCUT2D eigenvalue weighted by Crippen LogP contribution is 2.19. The standard InChI is InChI=1S/C14H23NO6S2/c1-12-9-13(2)11-14(10-12)15(5-3-7-22(16,17)18)6-4-8-23(19,20)21/h9-11H,3-8H2,1-2H3,(H,16,17,18)(H,19,20,21). The second-order valence-electron chi connectivity index (χ2n) is 5.61. The van der Waals surface area contributed by atoms with E-state index in [0.717, 1.165) is 16.8 Å². The van der Waals surface area contributed by atoms with Crippen molar-refractivity contribution in [1.82, 2.24) is 0 Å². The minimum absolute atomic E-state index is 0.220. The molecule has 1 aromatic carbocycles. The van der Waals surface area contributed by atoms with Gasteiger partial charge in [-0.05, 0) is 49.9 Å². The van der Waals surface area contributed by atoms with E-state index >= 15 is 0 Å². The number of aryl methyl sites for hydroxylation is 2. The third kappa shape index (κ3) is 8.89. The molecule has 0 atom stereocenters. The molecule has 0 spiro atoms. The van der Waals surface area contributed by atoms with Crippen molar-refractivity contribution in [2.45, 2.75) is 26.7 Å². The molecule has 0 aliphatic heterocycles. The molecule has 0 unspecified atom stereocenters. The van der Waals surface area contributed by atoms with Crippen molar-refractivity contribution in [1.29, 1.82) is 0 Å². The molecule has 0 aliphatic carbocycles. The lowest BCUT2D eigenvalue weighted by atomic mass is 10.1. The lowest BCUT2D eigenvalue weighted by Gasteiger charge is -2.25. The lowest BCUT2D eigenvalue weighted by Crippen LogP contribution is -2.28. The molecule has 132 valence electrons. The smallest absolute Gasteiger partial charge is 0.264 e. The zero-order chi connectivity index (χ0) is 17.7. The molecule has 0 radical (unpaired) electrons. The molecule has 0 saturated carbocycles. The van der Waals surface area contributed by atoms with Gasteiger partial charge < -0.3 is 4.90 Å². The molecule has 0 aliphatic rings. The summed E-state index contributed by atoms with van der Waals surface area (Å²) in [4.78, 5) is 1.86. The maximum atomic E-state index is 10.8. The van der Waals surface area contributed by atoms with Gasteiger partial charge in [0.25, 0.3) is 20.2 Å². The van der Waals surface area contributed by atoms with Crippen molar-refractivity contribution < 1.29 is 25.9 Å². The molecular formula is C14H23NO6S2. The van der Waals surface area contributed by atoms with Crippen LogP contribution in [0.15, 0.2) is 18.2 Å². The monoisotopic (exact) mass is 365 g/mol. The topological polar surface area (TPSA) is 112 Å². The molecular weight excluding hydrogens is 342 g/mol. The van der Waals surface area contributed by atoms with E-state index in [0.29, 0.717) is 13.1 Å². The first-order chi connectivity index (χ1) is 10.5. The van der Waals surface area contributed by atoms with Gasteiger partial charge in [-0.1, -0.05) is 6.07 Å². The Bertz CT molecular complexity index is 669. The zero-order valence-corrected chi connectivity index (χ0v) is 14.9. The number of anilines is 1. The third-order valence-corrected chi connectivity index (χ3v) is 4.84. The van der Waals surface area contributed by atoms with Gasteiger partial charge in [0.05, 0.1) is 11.5 Å². The first-order valence-electron chi connectivity index (χ1n) is 7.20. The minimum atomic E-state index is -4.02. The summed E-state index contributed by atoms with van der Waals surface area (Å²) in [5, 5.41) is 0. The van der Waals surface area contributed by atoms with E-state index in [-0.39, 0.29) is 24.3 Å². The molecule has 0 heterocycles. The highest BCUT2D eigenvalue weighted by Gasteiger charge is 2.12. The molecule has 9 heteroatoms. The van der Waals surface area contributed by atoms with E-state index in [1.54, 1.807) is 0 Å². The van der Waals surface area contributed by atoms with Crippen molar-refractivity contribution in [3.8, 4) is 0 Å². The number of rotatable bonds is 9. The molecule has 2 N–H and O–H groups in total. The van der Waals surface area contributed by atoms with Gasteiger partial charge in [0.2, 0.25) is 0 Å². The van der Waals surface area contributed by atoms with Crippen LogP contribution in [0.2, 0.25) is 0 Å². The van der Waals surface area contributed by atoms with Gasteiger partial charge in [-0.25, -0.2) is 0 Å². The fraction of sp³-hybridized carbons (Fsp3) is 0.571. The van der Waals surface area contributed by atoms with Crippen LogP contribution in [0.25, 0.3) is 0 Å². The molecule has 0 fully saturated rings. The Labute approximate surface area is 137 Å². The first kappa shape index (κ1) is 19.9. The van der Waals surface area contributed by atoms with Gasteiger partial charge in [0.15, 0.2) is 0 Å². The van der Waals surface area contributed by atoms with E-state index in [9.17, 15) is 16.8 Å². The normalized spacial score (nSPS) is 12.3. The summed E-state index contributed by atoms with van der Waals surface area (Å²) in [5.41, 5.74) is 2.93. The Balaban J connectivity index is 2.82. The average molecular weight is 365 g/mol. The Morgan fingerprint density at radius 1 is 0.826 bits per heavy atom. The van der Waals surface area contributed by atoms with Crippen LogP contribution in [0.3, 0.4) is 0 Å². The number of benzene rings is 1. The van der Waals surface area contributed by atoms with Gasteiger partial charge in [0.1, 0.15) is 0 Å². The maximum absolute atomic E-state index is 10.8. The highest BCUT2D eigenvalue weighted by molar-refractivity contribution is 7.86. The van der Waals surface area contributed by atoms with E-state index in [1.807, 2.05) is 36.9 Å². The van der Waals surface area contributed by atoms with E-state index in [2.05, 4.69) is 0 Å². The summed E-state index contributed by atoms with van der Waals surface area (Å²) in [6.45, 7) is 4.58. The van der Waals surface area contributed by atoms with Crippen molar-refractivity contribution in [2.75, 3.05) is 29.5 Å². The van der Waals surface area contributed by atoms with Crippen LogP contribution in [-0.4, -0.2) is 50.5 Å². The number of hydrogen-bond acceptors (Lipinski definition) is 5. The van der Waals surface area contributed by atoms with Crippen molar-refractivity contribution >= 4 is 25.9 Å².